The number of ether oxygens (including phenoxy) is 4. The van der Waals surface area contributed by atoms with Gasteiger partial charge in [-0.2, -0.15) is 0 Å². The standard InChI is InChI=1S/C54H70N8O8/c1-29-7-21-43(61(29)51(63)47(59-53(65)67-5)39-23-31(3)69-45(25-39)37-17-18-37)49-55-27-41(57-49)35-13-9-33(10-14-35)34-11-15-36(16-12-34)42-28-56-50(58-42)44-22-8-30(2)62(44)52(64)48(60-54(66)68-6)40-24-32(4)70-46(26-40)38-19-20-38/h9-16,27-32,37-40,43-48H,7-8,17-26H2,1-6H3,(H,55,57)(H,56,58)(H,59,65)(H,60,66)/t29-,30-,31-,32-,39-,40-,43-,44-,45?,46?,47-,48-/m0/s1. The van der Waals surface area contributed by atoms with Gasteiger partial charge in [0.15, 0.2) is 0 Å². The molecule has 12 atom stereocenters. The molecule has 16 nitrogen and oxygen atoms in total. The van der Waals surface area contributed by atoms with E-state index in [-0.39, 0.29) is 72.2 Å². The van der Waals surface area contributed by atoms with Crippen LogP contribution in [-0.2, 0) is 28.5 Å². The van der Waals surface area contributed by atoms with Gasteiger partial charge in [0, 0.05) is 12.1 Å². The number of likely N-dealkylation sites (tertiary alicyclic amines) is 2. The molecule has 6 aliphatic rings. The van der Waals surface area contributed by atoms with Gasteiger partial charge in [-0.3, -0.25) is 9.59 Å². The van der Waals surface area contributed by atoms with Crippen LogP contribution in [0.3, 0.4) is 0 Å². The van der Waals surface area contributed by atoms with E-state index in [1.54, 1.807) is 0 Å². The van der Waals surface area contributed by atoms with E-state index < -0.39 is 24.3 Å². The summed E-state index contributed by atoms with van der Waals surface area (Å²) in [6.45, 7) is 8.27. The third kappa shape index (κ3) is 10.1. The molecule has 4 aromatic rings. The van der Waals surface area contributed by atoms with Crippen molar-refractivity contribution in [2.24, 2.45) is 23.7 Å². The highest BCUT2D eigenvalue weighted by Crippen LogP contribution is 2.45. The number of alkyl carbamates (subject to hydrolysis) is 2. The third-order valence-electron chi connectivity index (χ3n) is 16.2. The Labute approximate surface area is 410 Å². The maximum absolute atomic E-state index is 14.6. The number of carbonyl (C=O) groups excluding carboxylic acids is 4. The smallest absolute Gasteiger partial charge is 0.407 e. The van der Waals surface area contributed by atoms with Crippen molar-refractivity contribution < 1.29 is 38.1 Å². The molecule has 6 fully saturated rings. The van der Waals surface area contributed by atoms with E-state index in [2.05, 4.69) is 96.8 Å². The van der Waals surface area contributed by atoms with Gasteiger partial charge < -0.3 is 49.3 Å². The molecule has 2 aliphatic carbocycles. The summed E-state index contributed by atoms with van der Waals surface area (Å²) < 4.78 is 22.6. The number of nitrogens with one attached hydrogen (secondary N) is 4. The molecule has 6 heterocycles. The Morgan fingerprint density at radius 1 is 0.557 bits per heavy atom. The second kappa shape index (κ2) is 20.2. The van der Waals surface area contributed by atoms with E-state index in [1.807, 2.05) is 22.2 Å². The van der Waals surface area contributed by atoms with Crippen LogP contribution in [0.15, 0.2) is 60.9 Å². The number of amides is 4. The minimum absolute atomic E-state index is 0.00459. The third-order valence-corrected chi connectivity index (χ3v) is 16.2. The lowest BCUT2D eigenvalue weighted by atomic mass is 9.83. The van der Waals surface area contributed by atoms with Gasteiger partial charge in [-0.05, 0) is 151 Å². The Morgan fingerprint density at radius 3 is 1.29 bits per heavy atom. The Bertz CT molecular complexity index is 2330. The molecule has 2 aromatic carbocycles. The van der Waals surface area contributed by atoms with Crippen LogP contribution in [0, 0.1) is 23.7 Å². The van der Waals surface area contributed by atoms with Gasteiger partial charge >= 0.3 is 12.2 Å². The van der Waals surface area contributed by atoms with Gasteiger partial charge in [-0.15, -0.1) is 0 Å². The molecule has 0 bridgehead atoms. The van der Waals surface area contributed by atoms with E-state index >= 15 is 0 Å². The fourth-order valence-electron chi connectivity index (χ4n) is 12.2. The average Bonchev–Trinajstić information content (AvgIpc) is 4.21. The van der Waals surface area contributed by atoms with Crippen molar-refractivity contribution in [3.63, 3.8) is 0 Å². The molecule has 4 amide bonds. The number of imidazole rings is 2. The van der Waals surface area contributed by atoms with Crippen LogP contribution in [0.5, 0.6) is 0 Å². The summed E-state index contributed by atoms with van der Waals surface area (Å²) in [7, 11) is 2.67. The molecule has 10 rings (SSSR count). The number of benzene rings is 2. The predicted molar refractivity (Wildman–Crippen MR) is 262 cm³/mol. The Balaban J connectivity index is 0.802. The van der Waals surface area contributed by atoms with Crippen LogP contribution in [0.1, 0.15) is 128 Å². The predicted octanol–water partition coefficient (Wildman–Crippen LogP) is 8.87. The minimum atomic E-state index is -0.719. The fraction of sp³-hybridized carbons (Fsp3) is 0.593. The van der Waals surface area contributed by atoms with E-state index in [0.29, 0.717) is 24.7 Å². The molecule has 4 aliphatic heterocycles. The van der Waals surface area contributed by atoms with E-state index in [4.69, 9.17) is 28.9 Å². The largest absolute Gasteiger partial charge is 0.453 e. The van der Waals surface area contributed by atoms with Crippen molar-refractivity contribution in [2.45, 2.75) is 165 Å². The van der Waals surface area contributed by atoms with Crippen LogP contribution in [0.2, 0.25) is 0 Å². The molecule has 374 valence electrons. The van der Waals surface area contributed by atoms with Crippen LogP contribution < -0.4 is 10.6 Å². The maximum atomic E-state index is 14.6. The zero-order valence-corrected chi connectivity index (χ0v) is 41.4. The summed E-state index contributed by atoms with van der Waals surface area (Å²) in [5.74, 6) is 2.21. The number of carbonyl (C=O) groups is 4. The van der Waals surface area contributed by atoms with Crippen molar-refractivity contribution in [1.82, 2.24) is 40.4 Å². The molecule has 0 spiro atoms. The molecular formula is C54H70N8O8. The topological polar surface area (TPSA) is 193 Å². The quantitative estimate of drug-likeness (QED) is 0.101. The molecular weight excluding hydrogens is 889 g/mol. The minimum Gasteiger partial charge on any atom is -0.453 e. The average molecular weight is 959 g/mol. The first-order valence-electron chi connectivity index (χ1n) is 25.8. The lowest BCUT2D eigenvalue weighted by Gasteiger charge is -2.40. The number of methoxy groups -OCH3 is 2. The number of hydrogen-bond acceptors (Lipinski definition) is 10. The number of nitrogens with zero attached hydrogens (tertiary/aromatic N) is 4. The van der Waals surface area contributed by atoms with E-state index in [1.165, 1.54) is 14.2 Å². The van der Waals surface area contributed by atoms with Gasteiger partial charge in [0.2, 0.25) is 11.8 Å². The summed E-state index contributed by atoms with van der Waals surface area (Å²) in [5, 5.41) is 5.87. The maximum Gasteiger partial charge on any atom is 0.407 e. The lowest BCUT2D eigenvalue weighted by Crippen LogP contribution is -2.55. The van der Waals surface area contributed by atoms with Crippen LogP contribution >= 0.6 is 0 Å². The molecule has 0 radical (unpaired) electrons. The summed E-state index contributed by atoms with van der Waals surface area (Å²) >= 11 is 0. The molecule has 16 heteroatoms. The van der Waals surface area contributed by atoms with Crippen molar-refractivity contribution in [2.75, 3.05) is 14.2 Å². The lowest BCUT2D eigenvalue weighted by molar-refractivity contribution is -0.142. The van der Waals surface area contributed by atoms with Gasteiger partial charge in [0.25, 0.3) is 0 Å². The number of aromatic nitrogens is 4. The first kappa shape index (κ1) is 47.9. The molecule has 2 unspecified atom stereocenters. The number of H-pyrrole nitrogens is 2. The Hall–Kier alpha value is -5.74. The first-order chi connectivity index (χ1) is 33.8. The molecule has 4 N–H and O–H groups in total. The zero-order valence-electron chi connectivity index (χ0n) is 41.4. The Morgan fingerprint density at radius 2 is 0.929 bits per heavy atom. The van der Waals surface area contributed by atoms with Crippen molar-refractivity contribution >= 4 is 24.0 Å². The summed E-state index contributed by atoms with van der Waals surface area (Å²) in [4.78, 5) is 75.2. The monoisotopic (exact) mass is 959 g/mol. The summed E-state index contributed by atoms with van der Waals surface area (Å²) in [6.07, 6.45) is 13.3. The Kier molecular flexibility index (Phi) is 13.8. The van der Waals surface area contributed by atoms with E-state index in [0.717, 1.165) is 109 Å². The first-order valence-corrected chi connectivity index (χ1v) is 25.8. The molecule has 2 saturated carbocycles. The zero-order chi connectivity index (χ0) is 48.8. The number of aromatic amines is 2. The van der Waals surface area contributed by atoms with Crippen molar-refractivity contribution in [1.29, 1.82) is 0 Å². The van der Waals surface area contributed by atoms with Gasteiger partial charge in [0.1, 0.15) is 23.7 Å². The fourth-order valence-corrected chi connectivity index (χ4v) is 12.2. The van der Waals surface area contributed by atoms with Gasteiger partial charge in [-0.1, -0.05) is 48.5 Å². The highest BCUT2D eigenvalue weighted by Gasteiger charge is 2.49. The van der Waals surface area contributed by atoms with Crippen LogP contribution in [0.4, 0.5) is 9.59 Å². The van der Waals surface area contributed by atoms with Gasteiger partial charge in [0.05, 0.1) is 74.5 Å². The summed E-state index contributed by atoms with van der Waals surface area (Å²) in [6, 6.07) is 14.7. The van der Waals surface area contributed by atoms with E-state index in [9.17, 15) is 19.2 Å². The highest BCUT2D eigenvalue weighted by molar-refractivity contribution is 5.88. The summed E-state index contributed by atoms with van der Waals surface area (Å²) in [5.41, 5.74) is 5.80. The SMILES string of the molecule is COC(=O)N[C@H](C(=O)N1[C@@H](C)CC[C@H]1c1ncc(-c2ccc(-c3ccc(-c4cnc([C@@H]5CC[C@H](C)N5C(=O)[C@@H](NC(=O)OC)[C@@H]5CC(C6CC6)O[C@@H](C)C5)[nH]4)cc3)cc2)[nH]1)[C@@H]1CC(C2CC2)O[C@@H](C)C1. The van der Waals surface area contributed by atoms with Crippen molar-refractivity contribution in [3.05, 3.63) is 72.6 Å². The second-order valence-electron chi connectivity index (χ2n) is 21.2. The normalized spacial score (nSPS) is 29.9. The highest BCUT2D eigenvalue weighted by atomic mass is 16.5. The second-order valence-corrected chi connectivity index (χ2v) is 21.2. The van der Waals surface area contributed by atoms with Crippen LogP contribution in [-0.4, -0.2) is 117 Å². The van der Waals surface area contributed by atoms with Crippen molar-refractivity contribution in [3.8, 4) is 33.6 Å². The van der Waals surface area contributed by atoms with Gasteiger partial charge in [-0.25, -0.2) is 19.6 Å². The molecule has 70 heavy (non-hydrogen) atoms. The molecule has 4 saturated heterocycles. The van der Waals surface area contributed by atoms with Crippen LogP contribution in [0.25, 0.3) is 33.6 Å². The number of hydrogen-bond donors (Lipinski definition) is 4. The molecule has 2 aromatic heterocycles. The number of rotatable bonds is 13.